The summed E-state index contributed by atoms with van der Waals surface area (Å²) in [5, 5.41) is 15.3. The van der Waals surface area contributed by atoms with Gasteiger partial charge in [0.05, 0.1) is 7.11 Å². The van der Waals surface area contributed by atoms with Crippen molar-refractivity contribution in [1.29, 1.82) is 0 Å². The number of benzene rings is 2. The Hall–Kier alpha value is -3.46. The van der Waals surface area contributed by atoms with Crippen LogP contribution in [0.1, 0.15) is 44.7 Å². The normalized spacial score (nSPS) is 15.7. The van der Waals surface area contributed by atoms with Crippen LogP contribution in [0.5, 0.6) is 5.75 Å². The van der Waals surface area contributed by atoms with Crippen molar-refractivity contribution in [2.24, 2.45) is 0 Å². The number of nitrogens with one attached hydrogen (secondary N) is 2. The second-order valence-electron chi connectivity index (χ2n) is 8.09. The van der Waals surface area contributed by atoms with Gasteiger partial charge in [0, 0.05) is 30.4 Å². The minimum Gasteiger partial charge on any atom is -0.497 e. The summed E-state index contributed by atoms with van der Waals surface area (Å²) in [5.41, 5.74) is 3.69. The average molecular weight is 466 g/mol. The zero-order chi connectivity index (χ0) is 23.4. The van der Waals surface area contributed by atoms with E-state index in [0.29, 0.717) is 23.8 Å². The van der Waals surface area contributed by atoms with E-state index in [1.54, 1.807) is 31.4 Å². The molecular formula is C24H27N5O3S. The Morgan fingerprint density at radius 3 is 2.64 bits per heavy atom. The first kappa shape index (κ1) is 22.7. The summed E-state index contributed by atoms with van der Waals surface area (Å²) in [5.74, 6) is 0.474. The number of anilines is 2. The minimum atomic E-state index is -0.302. The fourth-order valence-electron chi connectivity index (χ4n) is 3.79. The van der Waals surface area contributed by atoms with Gasteiger partial charge in [-0.3, -0.25) is 4.79 Å². The Labute approximate surface area is 197 Å². The van der Waals surface area contributed by atoms with Crippen LogP contribution in [-0.4, -0.2) is 47.2 Å². The van der Waals surface area contributed by atoms with E-state index in [4.69, 9.17) is 4.74 Å². The molecule has 1 aliphatic heterocycles. The molecule has 172 valence electrons. The minimum absolute atomic E-state index is 0.0585. The van der Waals surface area contributed by atoms with E-state index in [-0.39, 0.29) is 17.9 Å². The van der Waals surface area contributed by atoms with E-state index in [2.05, 4.69) is 20.8 Å². The van der Waals surface area contributed by atoms with E-state index in [1.807, 2.05) is 36.9 Å². The van der Waals surface area contributed by atoms with Gasteiger partial charge in [-0.15, -0.1) is 10.2 Å². The summed E-state index contributed by atoms with van der Waals surface area (Å²) in [7, 11) is 1.59. The number of hydrogen-bond acceptors (Lipinski definition) is 6. The van der Waals surface area contributed by atoms with Crippen molar-refractivity contribution in [3.8, 4) is 5.75 Å². The summed E-state index contributed by atoms with van der Waals surface area (Å²) >= 11 is 1.28. The predicted octanol–water partition coefficient (Wildman–Crippen LogP) is 4.83. The second-order valence-corrected chi connectivity index (χ2v) is 9.10. The molecule has 8 nitrogen and oxygen atoms in total. The molecule has 0 radical (unpaired) electrons. The highest BCUT2D eigenvalue weighted by atomic mass is 32.1. The molecule has 1 fully saturated rings. The Kier molecular flexibility index (Phi) is 6.88. The van der Waals surface area contributed by atoms with Crippen LogP contribution >= 0.6 is 11.3 Å². The third kappa shape index (κ3) is 5.31. The van der Waals surface area contributed by atoms with Crippen LogP contribution < -0.4 is 15.4 Å². The van der Waals surface area contributed by atoms with Crippen molar-refractivity contribution in [1.82, 2.24) is 15.1 Å². The number of ether oxygens (including phenoxy) is 1. The number of urea groups is 1. The molecule has 2 N–H and O–H groups in total. The van der Waals surface area contributed by atoms with Crippen molar-refractivity contribution < 1.29 is 14.3 Å². The topological polar surface area (TPSA) is 96.4 Å². The average Bonchev–Trinajstić information content (AvgIpc) is 3.33. The Balaban J connectivity index is 1.38. The summed E-state index contributed by atoms with van der Waals surface area (Å²) in [6, 6.07) is 12.9. The molecule has 33 heavy (non-hydrogen) atoms. The lowest BCUT2D eigenvalue weighted by molar-refractivity contribution is 0.102. The van der Waals surface area contributed by atoms with Gasteiger partial charge >= 0.3 is 6.03 Å². The van der Waals surface area contributed by atoms with Gasteiger partial charge in [0.25, 0.3) is 5.91 Å². The zero-order valence-corrected chi connectivity index (χ0v) is 19.7. The van der Waals surface area contributed by atoms with Gasteiger partial charge in [-0.1, -0.05) is 23.5 Å². The predicted molar refractivity (Wildman–Crippen MR) is 129 cm³/mol. The first-order valence-electron chi connectivity index (χ1n) is 10.9. The molecule has 2 heterocycles. The molecular weight excluding hydrogens is 438 g/mol. The number of hydrogen-bond donors (Lipinski definition) is 2. The highest BCUT2D eigenvalue weighted by Crippen LogP contribution is 2.30. The standard InChI is InChI=1S/C24H27N5O3S/c1-15-6-4-8-20(16(15)2)26-24(31)29-13-5-7-17(14-29)22-27-28-23(33-22)21(30)25-18-9-11-19(32-3)12-10-18/h4,6,8-12,17H,5,7,13-14H2,1-3H3,(H,25,30)(H,26,31). The van der Waals surface area contributed by atoms with Crippen LogP contribution in [0.4, 0.5) is 16.2 Å². The molecule has 0 aliphatic carbocycles. The summed E-state index contributed by atoms with van der Waals surface area (Å²) in [6.07, 6.45) is 1.78. The molecule has 1 saturated heterocycles. The smallest absolute Gasteiger partial charge is 0.321 e. The number of methoxy groups -OCH3 is 1. The number of rotatable bonds is 5. The van der Waals surface area contributed by atoms with Gasteiger partial charge in [0.15, 0.2) is 0 Å². The van der Waals surface area contributed by atoms with E-state index in [1.165, 1.54) is 11.3 Å². The van der Waals surface area contributed by atoms with Gasteiger partial charge in [-0.2, -0.15) is 0 Å². The summed E-state index contributed by atoms with van der Waals surface area (Å²) in [6.45, 7) is 5.27. The molecule has 1 unspecified atom stereocenters. The molecule has 9 heteroatoms. The van der Waals surface area contributed by atoms with Gasteiger partial charge in [0.2, 0.25) is 5.01 Å². The van der Waals surface area contributed by atoms with Gasteiger partial charge < -0.3 is 20.3 Å². The van der Waals surface area contributed by atoms with Gasteiger partial charge in [-0.05, 0) is 68.1 Å². The number of likely N-dealkylation sites (tertiary alicyclic amines) is 1. The first-order chi connectivity index (χ1) is 15.9. The van der Waals surface area contributed by atoms with Crippen LogP contribution in [0.2, 0.25) is 0 Å². The Morgan fingerprint density at radius 1 is 1.09 bits per heavy atom. The number of nitrogens with zero attached hydrogens (tertiary/aromatic N) is 3. The molecule has 3 amide bonds. The number of aryl methyl sites for hydroxylation is 1. The molecule has 4 rings (SSSR count). The molecule has 0 saturated carbocycles. The van der Waals surface area contributed by atoms with Gasteiger partial charge in [0.1, 0.15) is 10.8 Å². The SMILES string of the molecule is COc1ccc(NC(=O)c2nnc(C3CCCN(C(=O)Nc4cccc(C)c4C)C3)s2)cc1. The first-order valence-corrected chi connectivity index (χ1v) is 11.7. The monoisotopic (exact) mass is 465 g/mol. The maximum Gasteiger partial charge on any atom is 0.321 e. The number of carbonyl (C=O) groups is 2. The van der Waals surface area contributed by atoms with Crippen molar-refractivity contribution in [2.75, 3.05) is 30.8 Å². The van der Waals surface area contributed by atoms with Crippen LogP contribution in [0.15, 0.2) is 42.5 Å². The highest BCUT2D eigenvalue weighted by molar-refractivity contribution is 7.13. The second kappa shape index (κ2) is 9.99. The van der Waals surface area contributed by atoms with Crippen LogP contribution in [0.25, 0.3) is 0 Å². The van der Waals surface area contributed by atoms with Crippen molar-refractivity contribution >= 4 is 34.6 Å². The molecule has 0 spiro atoms. The van der Waals surface area contributed by atoms with Gasteiger partial charge in [-0.25, -0.2) is 4.79 Å². The van der Waals surface area contributed by atoms with Crippen molar-refractivity contribution in [3.05, 3.63) is 63.6 Å². The van der Waals surface area contributed by atoms with Crippen LogP contribution in [-0.2, 0) is 0 Å². The fourth-order valence-corrected chi connectivity index (χ4v) is 4.66. The van der Waals surface area contributed by atoms with Crippen LogP contribution in [0.3, 0.4) is 0 Å². The summed E-state index contributed by atoms with van der Waals surface area (Å²) in [4.78, 5) is 27.3. The third-order valence-electron chi connectivity index (χ3n) is 5.89. The van der Waals surface area contributed by atoms with E-state index >= 15 is 0 Å². The number of piperidine rings is 1. The molecule has 1 atom stereocenters. The van der Waals surface area contributed by atoms with Crippen molar-refractivity contribution in [2.45, 2.75) is 32.6 Å². The highest BCUT2D eigenvalue weighted by Gasteiger charge is 2.28. The maximum atomic E-state index is 12.9. The number of amides is 3. The molecule has 2 aromatic carbocycles. The van der Waals surface area contributed by atoms with E-state index in [9.17, 15) is 9.59 Å². The lowest BCUT2D eigenvalue weighted by Gasteiger charge is -2.31. The maximum absolute atomic E-state index is 12.9. The fraction of sp³-hybridized carbons (Fsp3) is 0.333. The molecule has 1 aromatic heterocycles. The third-order valence-corrected chi connectivity index (χ3v) is 6.97. The molecule has 1 aliphatic rings. The number of carbonyl (C=O) groups excluding carboxylic acids is 2. The lowest BCUT2D eigenvalue weighted by atomic mass is 9.99. The van der Waals surface area contributed by atoms with E-state index in [0.717, 1.165) is 40.4 Å². The van der Waals surface area contributed by atoms with Crippen LogP contribution in [0, 0.1) is 13.8 Å². The summed E-state index contributed by atoms with van der Waals surface area (Å²) < 4.78 is 5.13. The Morgan fingerprint density at radius 2 is 1.88 bits per heavy atom. The quantitative estimate of drug-likeness (QED) is 0.563. The Bertz CT molecular complexity index is 1150. The van der Waals surface area contributed by atoms with Crippen molar-refractivity contribution in [3.63, 3.8) is 0 Å². The largest absolute Gasteiger partial charge is 0.497 e. The van der Waals surface area contributed by atoms with E-state index < -0.39 is 0 Å². The lowest BCUT2D eigenvalue weighted by Crippen LogP contribution is -2.41. The molecule has 0 bridgehead atoms. The molecule has 3 aromatic rings. The zero-order valence-electron chi connectivity index (χ0n) is 18.9. The number of aromatic nitrogens is 2.